The number of nitrogens with zero attached hydrogens (tertiary/aromatic N) is 1. The molecular formula is C13H19NO6. The van der Waals surface area contributed by atoms with Gasteiger partial charge >= 0.3 is 5.97 Å². The quantitative estimate of drug-likeness (QED) is 0.603. The fraction of sp³-hybridized carbons (Fsp3) is 0.538. The maximum atomic E-state index is 10.7. The molecule has 1 heterocycles. The van der Waals surface area contributed by atoms with Gasteiger partial charge in [0.25, 0.3) is 0 Å². The Bertz CT molecular complexity index is 398. The van der Waals surface area contributed by atoms with Gasteiger partial charge in [-0.15, -0.1) is 0 Å². The third-order valence-corrected chi connectivity index (χ3v) is 2.26. The molecular weight excluding hydrogens is 266 g/mol. The van der Waals surface area contributed by atoms with E-state index in [9.17, 15) is 4.79 Å². The number of aromatic nitrogens is 1. The Labute approximate surface area is 117 Å². The van der Waals surface area contributed by atoms with Crippen molar-refractivity contribution in [3.63, 3.8) is 0 Å². The van der Waals surface area contributed by atoms with Crippen molar-refractivity contribution >= 4 is 5.97 Å². The summed E-state index contributed by atoms with van der Waals surface area (Å²) in [5.74, 6) is -0.628. The first-order valence-corrected chi connectivity index (χ1v) is 6.19. The van der Waals surface area contributed by atoms with Crippen LogP contribution in [0.25, 0.3) is 0 Å². The van der Waals surface area contributed by atoms with Gasteiger partial charge in [0.05, 0.1) is 44.8 Å². The first-order valence-electron chi connectivity index (χ1n) is 6.19. The Morgan fingerprint density at radius 1 is 1.10 bits per heavy atom. The van der Waals surface area contributed by atoms with Gasteiger partial charge < -0.3 is 24.1 Å². The molecule has 0 aliphatic heterocycles. The normalized spacial score (nSPS) is 10.4. The Hall–Kier alpha value is -1.70. The van der Waals surface area contributed by atoms with Gasteiger partial charge in [-0.1, -0.05) is 0 Å². The highest BCUT2D eigenvalue weighted by molar-refractivity contribution is 5.87. The second-order valence-corrected chi connectivity index (χ2v) is 3.78. The number of ether oxygens (including phenoxy) is 4. The lowest BCUT2D eigenvalue weighted by Crippen LogP contribution is -2.12. The SMILES string of the molecule is COCCOCCOCCOc1cncc(C(=O)O)c1. The maximum Gasteiger partial charge on any atom is 0.337 e. The molecule has 0 fully saturated rings. The lowest BCUT2D eigenvalue weighted by atomic mass is 10.3. The first-order chi connectivity index (χ1) is 9.74. The average Bonchev–Trinajstić information content (AvgIpc) is 2.46. The molecule has 0 radical (unpaired) electrons. The highest BCUT2D eigenvalue weighted by atomic mass is 16.6. The lowest BCUT2D eigenvalue weighted by molar-refractivity contribution is 0.0179. The molecule has 1 aromatic rings. The second kappa shape index (κ2) is 10.1. The van der Waals surface area contributed by atoms with Crippen LogP contribution >= 0.6 is 0 Å². The third kappa shape index (κ3) is 7.03. The van der Waals surface area contributed by atoms with E-state index in [-0.39, 0.29) is 5.56 Å². The molecule has 20 heavy (non-hydrogen) atoms. The van der Waals surface area contributed by atoms with Crippen LogP contribution in [-0.2, 0) is 14.2 Å². The Morgan fingerprint density at radius 3 is 2.40 bits per heavy atom. The van der Waals surface area contributed by atoms with E-state index in [4.69, 9.17) is 24.1 Å². The van der Waals surface area contributed by atoms with Gasteiger partial charge in [0.1, 0.15) is 12.4 Å². The molecule has 7 heteroatoms. The van der Waals surface area contributed by atoms with E-state index in [0.717, 1.165) is 0 Å². The van der Waals surface area contributed by atoms with Crippen LogP contribution < -0.4 is 4.74 Å². The van der Waals surface area contributed by atoms with Crippen molar-refractivity contribution in [1.82, 2.24) is 4.98 Å². The topological polar surface area (TPSA) is 87.1 Å². The largest absolute Gasteiger partial charge is 0.490 e. The van der Waals surface area contributed by atoms with Gasteiger partial charge in [-0.05, 0) is 6.07 Å². The molecule has 0 spiro atoms. The summed E-state index contributed by atoms with van der Waals surface area (Å²) in [6.45, 7) is 2.80. The number of pyridine rings is 1. The molecule has 0 aliphatic rings. The van der Waals surface area contributed by atoms with E-state index in [1.54, 1.807) is 7.11 Å². The number of hydrogen-bond donors (Lipinski definition) is 1. The van der Waals surface area contributed by atoms with Crippen LogP contribution in [0.5, 0.6) is 5.75 Å². The molecule has 7 nitrogen and oxygen atoms in total. The zero-order valence-corrected chi connectivity index (χ0v) is 11.4. The van der Waals surface area contributed by atoms with E-state index in [1.807, 2.05) is 0 Å². The molecule has 1 rings (SSSR count). The first kappa shape index (κ1) is 16.4. The lowest BCUT2D eigenvalue weighted by Gasteiger charge is -2.07. The number of carbonyl (C=O) groups is 1. The fourth-order valence-electron chi connectivity index (χ4n) is 1.30. The van der Waals surface area contributed by atoms with Crippen molar-refractivity contribution in [2.45, 2.75) is 0 Å². The highest BCUT2D eigenvalue weighted by Crippen LogP contribution is 2.10. The molecule has 0 aliphatic carbocycles. The molecule has 0 atom stereocenters. The standard InChI is InChI=1S/C13H19NO6/c1-17-2-3-18-4-5-19-6-7-20-12-8-11(13(15)16)9-14-10-12/h8-10H,2-7H2,1H3,(H,15,16). The van der Waals surface area contributed by atoms with Gasteiger partial charge in [-0.25, -0.2) is 4.79 Å². The van der Waals surface area contributed by atoms with E-state index in [1.165, 1.54) is 18.5 Å². The van der Waals surface area contributed by atoms with Crippen molar-refractivity contribution in [2.24, 2.45) is 0 Å². The zero-order valence-electron chi connectivity index (χ0n) is 11.4. The van der Waals surface area contributed by atoms with Crippen LogP contribution in [0.2, 0.25) is 0 Å². The van der Waals surface area contributed by atoms with E-state index in [2.05, 4.69) is 4.98 Å². The number of aromatic carboxylic acids is 1. The predicted octanol–water partition coefficient (Wildman–Crippen LogP) is 0.838. The van der Waals surface area contributed by atoms with Crippen molar-refractivity contribution in [3.8, 4) is 5.75 Å². The van der Waals surface area contributed by atoms with E-state index < -0.39 is 5.97 Å². The minimum atomic E-state index is -1.03. The second-order valence-electron chi connectivity index (χ2n) is 3.78. The Morgan fingerprint density at radius 2 is 1.75 bits per heavy atom. The van der Waals surface area contributed by atoms with Gasteiger partial charge in [-0.2, -0.15) is 0 Å². The molecule has 1 aromatic heterocycles. The van der Waals surface area contributed by atoms with Gasteiger partial charge in [0.15, 0.2) is 0 Å². The summed E-state index contributed by atoms with van der Waals surface area (Å²) < 4.78 is 20.7. The van der Waals surface area contributed by atoms with Crippen LogP contribution in [-0.4, -0.2) is 62.8 Å². The summed E-state index contributed by atoms with van der Waals surface area (Å²) in [4.78, 5) is 14.5. The number of methoxy groups -OCH3 is 1. The zero-order chi connectivity index (χ0) is 14.6. The Kier molecular flexibility index (Phi) is 8.28. The van der Waals surface area contributed by atoms with Crippen LogP contribution in [0.15, 0.2) is 18.5 Å². The predicted molar refractivity (Wildman–Crippen MR) is 70.2 cm³/mol. The van der Waals surface area contributed by atoms with Crippen molar-refractivity contribution in [2.75, 3.05) is 46.8 Å². The Balaban J connectivity index is 2.06. The summed E-state index contributed by atoms with van der Waals surface area (Å²) in [6.07, 6.45) is 2.73. The maximum absolute atomic E-state index is 10.7. The summed E-state index contributed by atoms with van der Waals surface area (Å²) in [5, 5.41) is 8.80. The summed E-state index contributed by atoms with van der Waals surface area (Å²) in [7, 11) is 1.62. The fourth-order valence-corrected chi connectivity index (χ4v) is 1.30. The van der Waals surface area contributed by atoms with Crippen LogP contribution in [0.1, 0.15) is 10.4 Å². The molecule has 1 N–H and O–H groups in total. The monoisotopic (exact) mass is 285 g/mol. The van der Waals surface area contributed by atoms with Crippen LogP contribution in [0, 0.1) is 0 Å². The highest BCUT2D eigenvalue weighted by Gasteiger charge is 2.04. The molecule has 0 bridgehead atoms. The van der Waals surface area contributed by atoms with Crippen molar-refractivity contribution in [3.05, 3.63) is 24.0 Å². The molecule has 0 saturated carbocycles. The minimum absolute atomic E-state index is 0.0926. The number of carboxylic acid groups (broad SMARTS) is 1. The number of rotatable bonds is 11. The van der Waals surface area contributed by atoms with Gasteiger partial charge in [0.2, 0.25) is 0 Å². The van der Waals surface area contributed by atoms with Gasteiger partial charge in [-0.3, -0.25) is 4.98 Å². The van der Waals surface area contributed by atoms with E-state index >= 15 is 0 Å². The molecule has 0 saturated heterocycles. The van der Waals surface area contributed by atoms with Crippen LogP contribution in [0.3, 0.4) is 0 Å². The average molecular weight is 285 g/mol. The molecule has 0 aromatic carbocycles. The molecule has 0 unspecified atom stereocenters. The van der Waals surface area contributed by atoms with Crippen LogP contribution in [0.4, 0.5) is 0 Å². The van der Waals surface area contributed by atoms with E-state index in [0.29, 0.717) is 45.4 Å². The molecule has 0 amide bonds. The van der Waals surface area contributed by atoms with Crippen molar-refractivity contribution in [1.29, 1.82) is 0 Å². The smallest absolute Gasteiger partial charge is 0.337 e. The minimum Gasteiger partial charge on any atom is -0.490 e. The van der Waals surface area contributed by atoms with Gasteiger partial charge in [0, 0.05) is 13.3 Å². The number of hydrogen-bond acceptors (Lipinski definition) is 6. The summed E-state index contributed by atoms with van der Waals surface area (Å²) in [5.41, 5.74) is 0.0926. The van der Waals surface area contributed by atoms with Crippen molar-refractivity contribution < 1.29 is 28.8 Å². The third-order valence-electron chi connectivity index (χ3n) is 2.26. The molecule has 112 valence electrons. The number of carboxylic acids is 1. The summed E-state index contributed by atoms with van der Waals surface area (Å²) >= 11 is 0. The summed E-state index contributed by atoms with van der Waals surface area (Å²) in [6, 6.07) is 1.42.